The number of fused-ring (bicyclic) bond motifs is 1. The lowest BCUT2D eigenvalue weighted by molar-refractivity contribution is -0.384. The van der Waals surface area contributed by atoms with Crippen LogP contribution >= 0.6 is 0 Å². The van der Waals surface area contributed by atoms with Gasteiger partial charge in [-0.1, -0.05) is 23.8 Å². The van der Waals surface area contributed by atoms with E-state index in [0.717, 1.165) is 11.1 Å². The molecule has 1 N–H and O–H groups in total. The number of carbonyl (C=O) groups excluding carboxylic acids is 1. The molecule has 0 unspecified atom stereocenters. The molecule has 1 heterocycles. The first-order chi connectivity index (χ1) is 15.2. The van der Waals surface area contributed by atoms with Gasteiger partial charge in [0.1, 0.15) is 0 Å². The molecule has 4 rings (SSSR count). The predicted molar refractivity (Wildman–Crippen MR) is 122 cm³/mol. The average Bonchev–Trinajstić information content (AvgIpc) is 3.09. The van der Waals surface area contributed by atoms with Gasteiger partial charge in [-0.05, 0) is 62.2 Å². The van der Waals surface area contributed by atoms with Gasteiger partial charge in [0, 0.05) is 29.4 Å². The Hall–Kier alpha value is -3.72. The molecule has 1 aliphatic rings. The molecular formula is C23H21N3O5S. The van der Waals surface area contributed by atoms with Crippen LogP contribution in [0, 0.1) is 17.0 Å². The molecular weight excluding hydrogens is 430 g/mol. The number of aryl methyl sites for hydroxylation is 1. The van der Waals surface area contributed by atoms with Gasteiger partial charge in [-0.15, -0.1) is 0 Å². The molecule has 0 bridgehead atoms. The predicted octanol–water partition coefficient (Wildman–Crippen LogP) is 4.30. The van der Waals surface area contributed by atoms with E-state index in [9.17, 15) is 23.3 Å². The van der Waals surface area contributed by atoms with Gasteiger partial charge in [-0.2, -0.15) is 0 Å². The summed E-state index contributed by atoms with van der Waals surface area (Å²) >= 11 is 0. The van der Waals surface area contributed by atoms with Gasteiger partial charge >= 0.3 is 0 Å². The molecule has 0 aliphatic carbocycles. The summed E-state index contributed by atoms with van der Waals surface area (Å²) in [5.41, 5.74) is 2.80. The highest BCUT2D eigenvalue weighted by atomic mass is 32.2. The highest BCUT2D eigenvalue weighted by molar-refractivity contribution is 7.92. The maximum Gasteiger partial charge on any atom is 0.271 e. The molecule has 0 spiro atoms. The highest BCUT2D eigenvalue weighted by Crippen LogP contribution is 2.37. The second-order valence-corrected chi connectivity index (χ2v) is 9.59. The van der Waals surface area contributed by atoms with Crippen molar-refractivity contribution in [2.24, 2.45) is 0 Å². The fourth-order valence-electron chi connectivity index (χ4n) is 3.83. The smallest absolute Gasteiger partial charge is 0.271 e. The summed E-state index contributed by atoms with van der Waals surface area (Å²) in [6.45, 7) is 3.72. The van der Waals surface area contributed by atoms with Gasteiger partial charge in [0.05, 0.1) is 15.5 Å². The summed E-state index contributed by atoms with van der Waals surface area (Å²) < 4.78 is 27.9. The van der Waals surface area contributed by atoms with Crippen molar-refractivity contribution >= 4 is 33.0 Å². The third kappa shape index (κ3) is 3.94. The molecule has 0 saturated carbocycles. The first-order valence-electron chi connectivity index (χ1n) is 9.96. The van der Waals surface area contributed by atoms with Gasteiger partial charge in [0.15, 0.2) is 0 Å². The number of amides is 1. The van der Waals surface area contributed by atoms with Gasteiger partial charge in [-0.25, -0.2) is 8.42 Å². The Morgan fingerprint density at radius 1 is 1.09 bits per heavy atom. The number of anilines is 2. The average molecular weight is 452 g/mol. The molecule has 164 valence electrons. The number of nitrogens with one attached hydrogen (secondary N) is 1. The van der Waals surface area contributed by atoms with E-state index in [2.05, 4.69) is 5.32 Å². The monoisotopic (exact) mass is 451 g/mol. The lowest BCUT2D eigenvalue weighted by Gasteiger charge is -2.24. The van der Waals surface area contributed by atoms with Crippen molar-refractivity contribution in [3.63, 3.8) is 0 Å². The van der Waals surface area contributed by atoms with E-state index < -0.39 is 20.9 Å². The number of sulfonamides is 1. The topological polar surface area (TPSA) is 110 Å². The minimum atomic E-state index is -3.74. The molecule has 0 radical (unpaired) electrons. The van der Waals surface area contributed by atoms with Crippen molar-refractivity contribution in [1.29, 1.82) is 0 Å². The summed E-state index contributed by atoms with van der Waals surface area (Å²) in [5.74, 6) is -0.430. The fraction of sp³-hybridized carbons (Fsp3) is 0.174. The van der Waals surface area contributed by atoms with Gasteiger partial charge in [0.25, 0.3) is 21.6 Å². The van der Waals surface area contributed by atoms with Crippen LogP contribution in [0.5, 0.6) is 0 Å². The van der Waals surface area contributed by atoms with Crippen molar-refractivity contribution in [3.05, 3.63) is 93.5 Å². The van der Waals surface area contributed by atoms with Crippen molar-refractivity contribution < 1.29 is 18.1 Å². The zero-order chi connectivity index (χ0) is 23.0. The first kappa shape index (κ1) is 21.5. The third-order valence-electron chi connectivity index (χ3n) is 5.39. The number of hydrogen-bond acceptors (Lipinski definition) is 5. The van der Waals surface area contributed by atoms with E-state index in [1.807, 2.05) is 13.8 Å². The van der Waals surface area contributed by atoms with Crippen LogP contribution in [-0.2, 0) is 16.4 Å². The van der Waals surface area contributed by atoms with E-state index in [1.165, 1.54) is 22.5 Å². The summed E-state index contributed by atoms with van der Waals surface area (Å²) in [7, 11) is -3.74. The maximum atomic E-state index is 13.3. The van der Waals surface area contributed by atoms with Gasteiger partial charge in [0.2, 0.25) is 0 Å². The zero-order valence-corrected chi connectivity index (χ0v) is 18.3. The first-order valence-corrected chi connectivity index (χ1v) is 11.4. The number of non-ortho nitro benzene ring substituents is 1. The lowest BCUT2D eigenvalue weighted by Crippen LogP contribution is -2.35. The van der Waals surface area contributed by atoms with Crippen molar-refractivity contribution in [2.75, 3.05) is 9.62 Å². The molecule has 1 aliphatic heterocycles. The molecule has 1 amide bonds. The molecule has 3 aromatic carbocycles. The van der Waals surface area contributed by atoms with Crippen LogP contribution in [-0.4, -0.2) is 25.3 Å². The molecule has 9 heteroatoms. The second-order valence-electron chi connectivity index (χ2n) is 7.77. The molecule has 0 saturated heterocycles. The number of carbonyl (C=O) groups is 1. The number of nitro benzene ring substituents is 1. The van der Waals surface area contributed by atoms with Crippen molar-refractivity contribution in [1.82, 2.24) is 0 Å². The lowest BCUT2D eigenvalue weighted by atomic mass is 10.1. The standard InChI is InChI=1S/C23H21N3O5S/c1-15-6-9-21(10-7-15)32(30,31)25-16(2)12-18-13-17(8-11-22(18)25)23(27)24-19-4-3-5-20(14-19)26(28)29/h3-11,13-14,16H,12H2,1-2H3,(H,24,27)/t16-/m0/s1. The van der Waals surface area contributed by atoms with E-state index in [0.29, 0.717) is 23.4 Å². The van der Waals surface area contributed by atoms with Crippen LogP contribution in [0.2, 0.25) is 0 Å². The second kappa shape index (κ2) is 8.08. The minimum absolute atomic E-state index is 0.123. The largest absolute Gasteiger partial charge is 0.322 e. The summed E-state index contributed by atoms with van der Waals surface area (Å²) in [6, 6.07) is 16.9. The SMILES string of the molecule is Cc1ccc(S(=O)(=O)N2c3ccc(C(=O)Nc4cccc([N+](=O)[O-])c4)cc3C[C@@H]2C)cc1. The molecule has 32 heavy (non-hydrogen) atoms. The Morgan fingerprint density at radius 3 is 2.50 bits per heavy atom. The molecule has 0 fully saturated rings. The molecule has 1 atom stereocenters. The van der Waals surface area contributed by atoms with E-state index in [-0.39, 0.29) is 16.6 Å². The van der Waals surface area contributed by atoms with Crippen LogP contribution in [0.25, 0.3) is 0 Å². The van der Waals surface area contributed by atoms with Crippen molar-refractivity contribution in [3.8, 4) is 0 Å². The van der Waals surface area contributed by atoms with Crippen LogP contribution in [0.3, 0.4) is 0 Å². The molecule has 0 aromatic heterocycles. The Balaban J connectivity index is 1.61. The Labute approximate surface area is 185 Å². The van der Waals surface area contributed by atoms with Crippen LogP contribution in [0.15, 0.2) is 71.6 Å². The minimum Gasteiger partial charge on any atom is -0.322 e. The van der Waals surface area contributed by atoms with Crippen LogP contribution < -0.4 is 9.62 Å². The Morgan fingerprint density at radius 2 is 1.81 bits per heavy atom. The normalized spacial score (nSPS) is 15.3. The fourth-order valence-corrected chi connectivity index (χ4v) is 5.53. The van der Waals surface area contributed by atoms with Crippen molar-refractivity contribution in [2.45, 2.75) is 31.2 Å². The van der Waals surface area contributed by atoms with E-state index in [1.54, 1.807) is 48.5 Å². The summed E-state index contributed by atoms with van der Waals surface area (Å²) in [5, 5.41) is 13.6. The quantitative estimate of drug-likeness (QED) is 0.460. The highest BCUT2D eigenvalue weighted by Gasteiger charge is 2.36. The summed E-state index contributed by atoms with van der Waals surface area (Å²) in [6.07, 6.45) is 0.471. The Bertz CT molecular complexity index is 1320. The molecule has 3 aromatic rings. The summed E-state index contributed by atoms with van der Waals surface area (Å²) in [4.78, 5) is 23.3. The zero-order valence-electron chi connectivity index (χ0n) is 17.5. The van der Waals surface area contributed by atoms with Crippen LogP contribution in [0.1, 0.15) is 28.4 Å². The maximum absolute atomic E-state index is 13.3. The third-order valence-corrected chi connectivity index (χ3v) is 7.33. The number of nitrogens with zero attached hydrogens (tertiary/aromatic N) is 2. The van der Waals surface area contributed by atoms with E-state index in [4.69, 9.17) is 0 Å². The number of benzene rings is 3. The van der Waals surface area contributed by atoms with E-state index >= 15 is 0 Å². The van der Waals surface area contributed by atoms with Gasteiger partial charge in [-0.3, -0.25) is 19.2 Å². The Kier molecular flexibility index (Phi) is 5.43. The number of nitro groups is 1. The molecule has 8 nitrogen and oxygen atoms in total. The number of hydrogen-bond donors (Lipinski definition) is 1. The number of rotatable bonds is 5. The van der Waals surface area contributed by atoms with Crippen LogP contribution in [0.4, 0.5) is 17.1 Å². The van der Waals surface area contributed by atoms with Gasteiger partial charge < -0.3 is 5.32 Å².